The number of hydrogen-bond donors (Lipinski definition) is 2. The highest BCUT2D eigenvalue weighted by molar-refractivity contribution is 6.31. The molecule has 0 saturated carbocycles. The summed E-state index contributed by atoms with van der Waals surface area (Å²) in [6.45, 7) is 2.96. The van der Waals surface area contributed by atoms with Crippen LogP contribution in [-0.2, 0) is 4.74 Å². The van der Waals surface area contributed by atoms with Gasteiger partial charge in [0.25, 0.3) is 0 Å². The molecule has 2 atom stereocenters. The molecular formula is C15H17ClN2O2. The lowest BCUT2D eigenvalue weighted by Gasteiger charge is -2.27. The van der Waals surface area contributed by atoms with Crippen LogP contribution in [0.4, 0.5) is 5.69 Å². The molecule has 4 nitrogen and oxygen atoms in total. The number of anilines is 1. The van der Waals surface area contributed by atoms with Gasteiger partial charge in [0.15, 0.2) is 0 Å². The summed E-state index contributed by atoms with van der Waals surface area (Å²) < 4.78 is 5.44. The summed E-state index contributed by atoms with van der Waals surface area (Å²) >= 11 is 5.98. The predicted molar refractivity (Wildman–Crippen MR) is 80.2 cm³/mol. The van der Waals surface area contributed by atoms with Crippen LogP contribution in [0.2, 0.25) is 5.02 Å². The van der Waals surface area contributed by atoms with Gasteiger partial charge in [-0.3, -0.25) is 4.98 Å². The molecule has 2 unspecified atom stereocenters. The van der Waals surface area contributed by atoms with Gasteiger partial charge in [-0.1, -0.05) is 11.6 Å². The van der Waals surface area contributed by atoms with Gasteiger partial charge in [0.2, 0.25) is 0 Å². The Balaban J connectivity index is 1.84. The summed E-state index contributed by atoms with van der Waals surface area (Å²) in [5.74, 6) is 0. The number of aliphatic hydroxyl groups is 1. The van der Waals surface area contributed by atoms with Gasteiger partial charge in [-0.15, -0.1) is 0 Å². The molecule has 0 amide bonds. The molecule has 1 saturated heterocycles. The monoisotopic (exact) mass is 292 g/mol. The second-order valence-electron chi connectivity index (χ2n) is 5.24. The molecule has 0 bridgehead atoms. The van der Waals surface area contributed by atoms with Crippen molar-refractivity contribution in [1.82, 2.24) is 4.98 Å². The van der Waals surface area contributed by atoms with E-state index in [0.717, 1.165) is 16.6 Å². The number of aromatic nitrogens is 1. The Morgan fingerprint density at radius 3 is 3.10 bits per heavy atom. The maximum Gasteiger partial charge on any atom is 0.110 e. The van der Waals surface area contributed by atoms with Crippen molar-refractivity contribution in [2.45, 2.75) is 25.0 Å². The Bertz CT molecular complexity index is 634. The molecule has 5 heteroatoms. The molecule has 0 aliphatic carbocycles. The van der Waals surface area contributed by atoms with Crippen LogP contribution in [0.1, 0.15) is 13.3 Å². The number of ether oxygens (including phenoxy) is 1. The third-order valence-corrected chi connectivity index (χ3v) is 4.18. The number of halogens is 1. The third-order valence-electron chi connectivity index (χ3n) is 3.95. The second kappa shape index (κ2) is 5.20. The van der Waals surface area contributed by atoms with E-state index >= 15 is 0 Å². The maximum atomic E-state index is 10.5. The van der Waals surface area contributed by atoms with Gasteiger partial charge in [0, 0.05) is 41.9 Å². The molecule has 1 fully saturated rings. The number of nitrogens with one attached hydrogen (secondary N) is 1. The molecule has 1 aromatic carbocycles. The van der Waals surface area contributed by atoms with Gasteiger partial charge in [-0.05, 0) is 31.2 Å². The van der Waals surface area contributed by atoms with E-state index in [2.05, 4.69) is 10.3 Å². The number of rotatable bonds is 3. The number of fused-ring (bicyclic) bond motifs is 1. The van der Waals surface area contributed by atoms with Gasteiger partial charge in [0.1, 0.15) is 5.60 Å². The van der Waals surface area contributed by atoms with Crippen LogP contribution in [0.15, 0.2) is 30.5 Å². The van der Waals surface area contributed by atoms with Crippen molar-refractivity contribution < 1.29 is 9.84 Å². The Labute approximate surface area is 122 Å². The standard InChI is InChI=1S/C15H17ClN2O2/c1-10-15(19,5-7-20-10)9-18-13-4-6-17-14-8-11(16)2-3-12(13)14/h2-4,6,8,10,19H,5,7,9H2,1H3,(H,17,18). The molecule has 1 aromatic heterocycles. The zero-order valence-electron chi connectivity index (χ0n) is 11.3. The van der Waals surface area contributed by atoms with Crippen molar-refractivity contribution in [3.8, 4) is 0 Å². The fourth-order valence-electron chi connectivity index (χ4n) is 2.53. The molecule has 2 heterocycles. The van der Waals surface area contributed by atoms with E-state index in [1.54, 1.807) is 6.20 Å². The second-order valence-corrected chi connectivity index (χ2v) is 5.68. The van der Waals surface area contributed by atoms with Gasteiger partial charge < -0.3 is 15.2 Å². The first-order chi connectivity index (χ1) is 9.58. The summed E-state index contributed by atoms with van der Waals surface area (Å²) in [4.78, 5) is 4.30. The lowest BCUT2D eigenvalue weighted by Crippen LogP contribution is -2.43. The normalized spacial score (nSPS) is 26.1. The highest BCUT2D eigenvalue weighted by Gasteiger charge is 2.39. The van der Waals surface area contributed by atoms with Crippen molar-refractivity contribution in [2.75, 3.05) is 18.5 Å². The first-order valence-corrected chi connectivity index (χ1v) is 7.08. The molecule has 106 valence electrons. The number of benzene rings is 1. The third kappa shape index (κ3) is 2.46. The van der Waals surface area contributed by atoms with Crippen molar-refractivity contribution in [3.05, 3.63) is 35.5 Å². The van der Waals surface area contributed by atoms with Crippen LogP contribution in [0.5, 0.6) is 0 Å². The summed E-state index contributed by atoms with van der Waals surface area (Å²) in [6.07, 6.45) is 2.23. The van der Waals surface area contributed by atoms with E-state index < -0.39 is 5.60 Å². The number of nitrogens with zero attached hydrogens (tertiary/aromatic N) is 1. The van der Waals surface area contributed by atoms with E-state index in [1.807, 2.05) is 31.2 Å². The van der Waals surface area contributed by atoms with E-state index in [4.69, 9.17) is 16.3 Å². The molecule has 0 spiro atoms. The van der Waals surface area contributed by atoms with Gasteiger partial charge in [0.05, 0.1) is 11.6 Å². The number of pyridine rings is 1. The highest BCUT2D eigenvalue weighted by Crippen LogP contribution is 2.28. The fraction of sp³-hybridized carbons (Fsp3) is 0.400. The average Bonchev–Trinajstić information content (AvgIpc) is 2.76. The lowest BCUT2D eigenvalue weighted by atomic mass is 9.96. The van der Waals surface area contributed by atoms with Crippen LogP contribution >= 0.6 is 11.6 Å². The Morgan fingerprint density at radius 2 is 2.35 bits per heavy atom. The van der Waals surface area contributed by atoms with Gasteiger partial charge in [-0.25, -0.2) is 0 Å². The minimum atomic E-state index is -0.817. The Morgan fingerprint density at radius 1 is 1.50 bits per heavy atom. The largest absolute Gasteiger partial charge is 0.385 e. The average molecular weight is 293 g/mol. The molecule has 1 aliphatic rings. The Hall–Kier alpha value is -1.36. The van der Waals surface area contributed by atoms with Crippen LogP contribution in [0, 0.1) is 0 Å². The van der Waals surface area contributed by atoms with Crippen LogP contribution < -0.4 is 5.32 Å². The molecular weight excluding hydrogens is 276 g/mol. The summed E-state index contributed by atoms with van der Waals surface area (Å²) in [5.41, 5.74) is 0.964. The quantitative estimate of drug-likeness (QED) is 0.913. The summed E-state index contributed by atoms with van der Waals surface area (Å²) in [7, 11) is 0. The molecule has 0 radical (unpaired) electrons. The Kier molecular flexibility index (Phi) is 3.54. The van der Waals surface area contributed by atoms with E-state index in [9.17, 15) is 5.11 Å². The van der Waals surface area contributed by atoms with E-state index in [0.29, 0.717) is 24.6 Å². The van der Waals surface area contributed by atoms with E-state index in [-0.39, 0.29) is 6.10 Å². The maximum absolute atomic E-state index is 10.5. The zero-order valence-corrected chi connectivity index (χ0v) is 12.0. The molecule has 2 N–H and O–H groups in total. The summed E-state index contributed by atoms with van der Waals surface area (Å²) in [5, 5.41) is 15.5. The SMILES string of the molecule is CC1OCCC1(O)CNc1ccnc2cc(Cl)ccc12. The lowest BCUT2D eigenvalue weighted by molar-refractivity contribution is -0.0175. The highest BCUT2D eigenvalue weighted by atomic mass is 35.5. The minimum absolute atomic E-state index is 0.155. The van der Waals surface area contributed by atoms with Crippen molar-refractivity contribution in [1.29, 1.82) is 0 Å². The minimum Gasteiger partial charge on any atom is -0.385 e. The number of hydrogen-bond acceptors (Lipinski definition) is 4. The first-order valence-electron chi connectivity index (χ1n) is 6.71. The van der Waals surface area contributed by atoms with Crippen molar-refractivity contribution in [3.63, 3.8) is 0 Å². The predicted octanol–water partition coefficient (Wildman–Crippen LogP) is 2.84. The smallest absolute Gasteiger partial charge is 0.110 e. The van der Waals surface area contributed by atoms with Crippen molar-refractivity contribution in [2.24, 2.45) is 0 Å². The van der Waals surface area contributed by atoms with Gasteiger partial charge in [-0.2, -0.15) is 0 Å². The fourth-order valence-corrected chi connectivity index (χ4v) is 2.69. The van der Waals surface area contributed by atoms with Crippen molar-refractivity contribution >= 4 is 28.2 Å². The topological polar surface area (TPSA) is 54.4 Å². The molecule has 2 aromatic rings. The first kappa shape index (κ1) is 13.6. The van der Waals surface area contributed by atoms with Gasteiger partial charge >= 0.3 is 0 Å². The molecule has 1 aliphatic heterocycles. The molecule has 20 heavy (non-hydrogen) atoms. The zero-order chi connectivity index (χ0) is 14.2. The van der Waals surface area contributed by atoms with Crippen LogP contribution in [0.3, 0.4) is 0 Å². The summed E-state index contributed by atoms with van der Waals surface area (Å²) in [6, 6.07) is 7.51. The van der Waals surface area contributed by atoms with Crippen LogP contribution in [0.25, 0.3) is 10.9 Å². The van der Waals surface area contributed by atoms with Crippen LogP contribution in [-0.4, -0.2) is 34.9 Å². The van der Waals surface area contributed by atoms with E-state index in [1.165, 1.54) is 0 Å². The molecule has 3 rings (SSSR count).